The fourth-order valence-corrected chi connectivity index (χ4v) is 2.02. The molecule has 4 heteroatoms. The van der Waals surface area contributed by atoms with Gasteiger partial charge in [0.25, 0.3) is 0 Å². The third kappa shape index (κ3) is 1.99. The van der Waals surface area contributed by atoms with Crippen molar-refractivity contribution in [3.05, 3.63) is 23.3 Å². The zero-order valence-corrected chi connectivity index (χ0v) is 8.32. The number of rotatable bonds is 2. The topological polar surface area (TPSA) is 66.4 Å². The van der Waals surface area contributed by atoms with Crippen molar-refractivity contribution in [2.75, 3.05) is 13.1 Å². The Morgan fingerprint density at radius 3 is 3.13 bits per heavy atom. The molecule has 1 heterocycles. The molecule has 2 N–H and O–H groups in total. The Bertz CT molecular complexity index is 368. The molecule has 1 aliphatic heterocycles. The van der Waals surface area contributed by atoms with Gasteiger partial charge in [-0.2, -0.15) is 0 Å². The first-order chi connectivity index (χ1) is 7.18. The lowest BCUT2D eigenvalue weighted by atomic mass is 9.84. The minimum absolute atomic E-state index is 0.0258. The van der Waals surface area contributed by atoms with Crippen molar-refractivity contribution >= 4 is 11.8 Å². The summed E-state index contributed by atoms with van der Waals surface area (Å²) in [5, 5.41) is 11.8. The number of allylic oxidation sites excluding steroid dienone is 2. The van der Waals surface area contributed by atoms with Crippen LogP contribution in [0.5, 0.6) is 0 Å². The Morgan fingerprint density at radius 2 is 2.40 bits per heavy atom. The molecule has 80 valence electrons. The van der Waals surface area contributed by atoms with E-state index in [-0.39, 0.29) is 12.2 Å². The van der Waals surface area contributed by atoms with E-state index in [1.165, 1.54) is 0 Å². The summed E-state index contributed by atoms with van der Waals surface area (Å²) >= 11 is 0. The number of carboxylic acid groups (broad SMARTS) is 1. The van der Waals surface area contributed by atoms with Crippen LogP contribution in [-0.4, -0.2) is 29.9 Å². The van der Waals surface area contributed by atoms with E-state index in [4.69, 9.17) is 5.11 Å². The number of ketones is 1. The summed E-state index contributed by atoms with van der Waals surface area (Å²) in [7, 11) is 0. The standard InChI is InChI=1S/C11H13NO3/c13-10(14)5-8-2-1-7-3-4-12-6-9(7)11(8)15/h1-2,8,12H,3-6H2,(H,13,14). The second-order valence-corrected chi connectivity index (χ2v) is 3.86. The number of hydrogen-bond donors (Lipinski definition) is 2. The molecule has 0 spiro atoms. The van der Waals surface area contributed by atoms with E-state index in [2.05, 4.69) is 5.32 Å². The van der Waals surface area contributed by atoms with Crippen LogP contribution >= 0.6 is 0 Å². The third-order valence-electron chi connectivity index (χ3n) is 2.82. The third-order valence-corrected chi connectivity index (χ3v) is 2.82. The lowest BCUT2D eigenvalue weighted by Gasteiger charge is -2.24. The van der Waals surface area contributed by atoms with E-state index >= 15 is 0 Å². The molecule has 15 heavy (non-hydrogen) atoms. The molecule has 0 saturated heterocycles. The van der Waals surface area contributed by atoms with Gasteiger partial charge in [0.15, 0.2) is 5.78 Å². The van der Waals surface area contributed by atoms with Crippen LogP contribution in [0.3, 0.4) is 0 Å². The molecule has 4 nitrogen and oxygen atoms in total. The molecule has 0 saturated carbocycles. The van der Waals surface area contributed by atoms with E-state index in [0.29, 0.717) is 6.54 Å². The molecule has 2 rings (SSSR count). The van der Waals surface area contributed by atoms with Crippen molar-refractivity contribution in [1.82, 2.24) is 5.32 Å². The number of nitrogens with one attached hydrogen (secondary N) is 1. The SMILES string of the molecule is O=C(O)CC1C=CC2=C(CNCC2)C1=O. The first kappa shape index (κ1) is 10.1. The van der Waals surface area contributed by atoms with Crippen molar-refractivity contribution in [2.24, 2.45) is 5.92 Å². The molecule has 2 aliphatic rings. The molecule has 0 aromatic carbocycles. The number of Topliss-reactive ketones (excluding diaryl/α,β-unsaturated/α-hetero) is 1. The minimum atomic E-state index is -0.925. The first-order valence-electron chi connectivity index (χ1n) is 5.05. The van der Waals surface area contributed by atoms with Crippen LogP contribution in [0.2, 0.25) is 0 Å². The predicted octanol–water partition coefficient (Wildman–Crippen LogP) is 0.506. The average Bonchev–Trinajstić information content (AvgIpc) is 2.22. The van der Waals surface area contributed by atoms with Crippen molar-refractivity contribution < 1.29 is 14.7 Å². The van der Waals surface area contributed by atoms with Gasteiger partial charge >= 0.3 is 5.97 Å². The molecular formula is C11H13NO3. The highest BCUT2D eigenvalue weighted by Gasteiger charge is 2.28. The van der Waals surface area contributed by atoms with Gasteiger partial charge in [0, 0.05) is 12.1 Å². The Morgan fingerprint density at radius 1 is 1.60 bits per heavy atom. The Labute approximate surface area is 87.7 Å². The highest BCUT2D eigenvalue weighted by Crippen LogP contribution is 2.25. The molecular weight excluding hydrogens is 194 g/mol. The Balaban J connectivity index is 2.18. The largest absolute Gasteiger partial charge is 0.481 e. The van der Waals surface area contributed by atoms with Crippen LogP contribution in [0.25, 0.3) is 0 Å². The summed E-state index contributed by atoms with van der Waals surface area (Å²) in [4.78, 5) is 22.4. The van der Waals surface area contributed by atoms with Crippen molar-refractivity contribution in [2.45, 2.75) is 12.8 Å². The predicted molar refractivity (Wildman–Crippen MR) is 54.4 cm³/mol. The van der Waals surface area contributed by atoms with Gasteiger partial charge < -0.3 is 10.4 Å². The summed E-state index contributed by atoms with van der Waals surface area (Å²) in [5.74, 6) is -1.42. The second-order valence-electron chi connectivity index (χ2n) is 3.86. The van der Waals surface area contributed by atoms with Crippen LogP contribution in [0, 0.1) is 5.92 Å². The molecule has 0 fully saturated rings. The molecule has 0 amide bonds. The highest BCUT2D eigenvalue weighted by atomic mass is 16.4. The lowest BCUT2D eigenvalue weighted by molar-refractivity contribution is -0.139. The van der Waals surface area contributed by atoms with Crippen LogP contribution < -0.4 is 5.32 Å². The van der Waals surface area contributed by atoms with E-state index in [1.807, 2.05) is 6.08 Å². The van der Waals surface area contributed by atoms with Gasteiger partial charge in [-0.15, -0.1) is 0 Å². The number of aliphatic carboxylic acids is 1. The van der Waals surface area contributed by atoms with E-state index < -0.39 is 11.9 Å². The number of carbonyl (C=O) groups excluding carboxylic acids is 1. The summed E-state index contributed by atoms with van der Waals surface area (Å²) < 4.78 is 0. The number of hydrogen-bond acceptors (Lipinski definition) is 3. The van der Waals surface area contributed by atoms with Crippen LogP contribution in [-0.2, 0) is 9.59 Å². The van der Waals surface area contributed by atoms with Gasteiger partial charge in [-0.05, 0) is 18.5 Å². The van der Waals surface area contributed by atoms with Crippen molar-refractivity contribution in [3.8, 4) is 0 Å². The molecule has 1 aliphatic carbocycles. The fourth-order valence-electron chi connectivity index (χ4n) is 2.02. The van der Waals surface area contributed by atoms with E-state index in [9.17, 15) is 9.59 Å². The summed E-state index contributed by atoms with van der Waals surface area (Å²) in [5.41, 5.74) is 1.84. The maximum Gasteiger partial charge on any atom is 0.304 e. The van der Waals surface area contributed by atoms with E-state index in [0.717, 1.165) is 24.1 Å². The average molecular weight is 207 g/mol. The van der Waals surface area contributed by atoms with Gasteiger partial charge in [-0.1, -0.05) is 12.2 Å². The van der Waals surface area contributed by atoms with Gasteiger partial charge in [0.1, 0.15) is 0 Å². The maximum absolute atomic E-state index is 11.9. The van der Waals surface area contributed by atoms with Gasteiger partial charge in [-0.3, -0.25) is 9.59 Å². The van der Waals surface area contributed by atoms with Crippen LogP contribution in [0.1, 0.15) is 12.8 Å². The summed E-state index contributed by atoms with van der Waals surface area (Å²) in [6.45, 7) is 1.47. The van der Waals surface area contributed by atoms with Gasteiger partial charge in [-0.25, -0.2) is 0 Å². The molecule has 0 aromatic rings. The Kier molecular flexibility index (Phi) is 2.68. The molecule has 1 atom stereocenters. The van der Waals surface area contributed by atoms with E-state index in [1.54, 1.807) is 6.08 Å². The fraction of sp³-hybridized carbons (Fsp3) is 0.455. The second kappa shape index (κ2) is 3.98. The number of carboxylic acids is 1. The van der Waals surface area contributed by atoms with Crippen LogP contribution in [0.4, 0.5) is 0 Å². The summed E-state index contributed by atoms with van der Waals surface area (Å²) in [6.07, 6.45) is 4.38. The summed E-state index contributed by atoms with van der Waals surface area (Å²) in [6, 6.07) is 0. The van der Waals surface area contributed by atoms with Crippen LogP contribution in [0.15, 0.2) is 23.3 Å². The molecule has 0 radical (unpaired) electrons. The minimum Gasteiger partial charge on any atom is -0.481 e. The zero-order valence-electron chi connectivity index (χ0n) is 8.32. The smallest absolute Gasteiger partial charge is 0.304 e. The van der Waals surface area contributed by atoms with Gasteiger partial charge in [0.2, 0.25) is 0 Å². The van der Waals surface area contributed by atoms with Gasteiger partial charge in [0.05, 0.1) is 12.3 Å². The molecule has 0 aromatic heterocycles. The van der Waals surface area contributed by atoms with Crippen molar-refractivity contribution in [3.63, 3.8) is 0 Å². The lowest BCUT2D eigenvalue weighted by Crippen LogP contribution is -2.33. The van der Waals surface area contributed by atoms with Crippen molar-refractivity contribution in [1.29, 1.82) is 0 Å². The monoisotopic (exact) mass is 207 g/mol. The maximum atomic E-state index is 11.9. The Hall–Kier alpha value is -1.42. The highest BCUT2D eigenvalue weighted by molar-refractivity contribution is 6.02. The first-order valence-corrected chi connectivity index (χ1v) is 5.05. The normalized spacial score (nSPS) is 25.3. The zero-order chi connectivity index (χ0) is 10.8. The molecule has 1 unspecified atom stereocenters. The molecule has 0 bridgehead atoms. The quantitative estimate of drug-likeness (QED) is 0.692. The number of carbonyl (C=O) groups is 2.